The van der Waals surface area contributed by atoms with Crippen LogP contribution in [-0.2, 0) is 6.42 Å². The van der Waals surface area contributed by atoms with Crippen molar-refractivity contribution in [1.82, 2.24) is 0 Å². The highest BCUT2D eigenvalue weighted by Crippen LogP contribution is 2.23. The molecule has 1 aromatic rings. The third kappa shape index (κ3) is 1.73. The molecule has 0 spiro atoms. The van der Waals surface area contributed by atoms with Gasteiger partial charge in [-0.3, -0.25) is 0 Å². The first-order chi connectivity index (χ1) is 6.40. The molecular formula is C11H14N2. The summed E-state index contributed by atoms with van der Waals surface area (Å²) in [6, 6.07) is 6.50. The molecule has 0 saturated carbocycles. The summed E-state index contributed by atoms with van der Waals surface area (Å²) < 4.78 is 0. The van der Waals surface area contributed by atoms with E-state index in [1.165, 1.54) is 16.8 Å². The van der Waals surface area contributed by atoms with Crippen LogP contribution >= 0.6 is 0 Å². The summed E-state index contributed by atoms with van der Waals surface area (Å²) in [5, 5.41) is 3.35. The predicted molar refractivity (Wildman–Crippen MR) is 56.7 cm³/mol. The first-order valence-electron chi connectivity index (χ1n) is 4.63. The van der Waals surface area contributed by atoms with Crippen molar-refractivity contribution in [3.8, 4) is 0 Å². The van der Waals surface area contributed by atoms with Gasteiger partial charge in [0.25, 0.3) is 0 Å². The number of benzene rings is 1. The van der Waals surface area contributed by atoms with Crippen LogP contribution in [-0.4, -0.2) is 13.1 Å². The van der Waals surface area contributed by atoms with E-state index in [4.69, 9.17) is 5.73 Å². The molecule has 0 aromatic heterocycles. The van der Waals surface area contributed by atoms with Crippen LogP contribution < -0.4 is 11.1 Å². The number of anilines is 1. The number of nitrogens with one attached hydrogen (secondary N) is 1. The molecule has 1 aliphatic heterocycles. The average Bonchev–Trinajstić information content (AvgIpc) is 2.61. The smallest absolute Gasteiger partial charge is 0.0379 e. The van der Waals surface area contributed by atoms with Crippen LogP contribution in [0, 0.1) is 0 Å². The Morgan fingerprint density at radius 1 is 1.46 bits per heavy atom. The summed E-state index contributed by atoms with van der Waals surface area (Å²) in [5.41, 5.74) is 9.31. The van der Waals surface area contributed by atoms with Crippen LogP contribution in [0.25, 0.3) is 6.08 Å². The van der Waals surface area contributed by atoms with E-state index >= 15 is 0 Å². The lowest BCUT2D eigenvalue weighted by atomic mass is 10.1. The monoisotopic (exact) mass is 174 g/mol. The van der Waals surface area contributed by atoms with Crippen LogP contribution in [0.2, 0.25) is 0 Å². The molecule has 13 heavy (non-hydrogen) atoms. The number of rotatable bonds is 2. The third-order valence-corrected chi connectivity index (χ3v) is 2.29. The fraction of sp³-hybridized carbons (Fsp3) is 0.273. The van der Waals surface area contributed by atoms with Crippen LogP contribution in [0.5, 0.6) is 0 Å². The quantitative estimate of drug-likeness (QED) is 0.715. The Labute approximate surface area is 78.5 Å². The lowest BCUT2D eigenvalue weighted by molar-refractivity contribution is 1.11. The zero-order valence-corrected chi connectivity index (χ0v) is 7.59. The predicted octanol–water partition coefficient (Wildman–Crippen LogP) is 1.63. The molecule has 68 valence electrons. The van der Waals surface area contributed by atoms with Crippen molar-refractivity contribution in [3.63, 3.8) is 0 Å². The Morgan fingerprint density at radius 2 is 2.38 bits per heavy atom. The van der Waals surface area contributed by atoms with Crippen molar-refractivity contribution in [1.29, 1.82) is 0 Å². The topological polar surface area (TPSA) is 38.0 Å². The molecule has 0 radical (unpaired) electrons. The molecule has 0 amide bonds. The summed E-state index contributed by atoms with van der Waals surface area (Å²) in [6.45, 7) is 1.67. The summed E-state index contributed by atoms with van der Waals surface area (Å²) in [4.78, 5) is 0. The molecular weight excluding hydrogens is 160 g/mol. The minimum absolute atomic E-state index is 0.602. The Hall–Kier alpha value is -1.28. The molecule has 0 bridgehead atoms. The van der Waals surface area contributed by atoms with Gasteiger partial charge in [-0.15, -0.1) is 0 Å². The SMILES string of the molecule is NC/C=C/c1ccc2c(c1)NCC2. The zero-order chi connectivity index (χ0) is 9.10. The maximum absolute atomic E-state index is 5.39. The van der Waals surface area contributed by atoms with E-state index in [9.17, 15) is 0 Å². The Morgan fingerprint density at radius 3 is 3.23 bits per heavy atom. The highest BCUT2D eigenvalue weighted by molar-refractivity contribution is 5.63. The van der Waals surface area contributed by atoms with Crippen LogP contribution in [0.1, 0.15) is 11.1 Å². The van der Waals surface area contributed by atoms with E-state index in [-0.39, 0.29) is 0 Å². The lowest BCUT2D eigenvalue weighted by Gasteiger charge is -2.00. The normalized spacial score (nSPS) is 14.5. The van der Waals surface area contributed by atoms with Crippen molar-refractivity contribution >= 4 is 11.8 Å². The summed E-state index contributed by atoms with van der Waals surface area (Å²) in [7, 11) is 0. The van der Waals surface area contributed by atoms with E-state index < -0.39 is 0 Å². The minimum atomic E-state index is 0.602. The first-order valence-corrected chi connectivity index (χ1v) is 4.63. The van der Waals surface area contributed by atoms with E-state index in [0.717, 1.165) is 13.0 Å². The second kappa shape index (κ2) is 3.62. The van der Waals surface area contributed by atoms with Gasteiger partial charge in [0.1, 0.15) is 0 Å². The molecule has 1 heterocycles. The van der Waals surface area contributed by atoms with Gasteiger partial charge in [0.05, 0.1) is 0 Å². The number of fused-ring (bicyclic) bond motifs is 1. The van der Waals surface area contributed by atoms with E-state index in [1.807, 2.05) is 6.08 Å². The second-order valence-corrected chi connectivity index (χ2v) is 3.23. The van der Waals surface area contributed by atoms with Crippen LogP contribution in [0.3, 0.4) is 0 Å². The van der Waals surface area contributed by atoms with Crippen molar-refractivity contribution in [2.75, 3.05) is 18.4 Å². The highest BCUT2D eigenvalue weighted by atomic mass is 14.9. The third-order valence-electron chi connectivity index (χ3n) is 2.29. The number of hydrogen-bond acceptors (Lipinski definition) is 2. The Kier molecular flexibility index (Phi) is 2.32. The maximum Gasteiger partial charge on any atom is 0.0379 e. The number of hydrogen-bond donors (Lipinski definition) is 2. The fourth-order valence-electron chi connectivity index (χ4n) is 1.62. The minimum Gasteiger partial charge on any atom is -0.384 e. The van der Waals surface area contributed by atoms with Gasteiger partial charge in [0, 0.05) is 18.8 Å². The molecule has 0 aliphatic carbocycles. The second-order valence-electron chi connectivity index (χ2n) is 3.23. The van der Waals surface area contributed by atoms with Crippen LogP contribution in [0.4, 0.5) is 5.69 Å². The molecule has 0 atom stereocenters. The molecule has 2 heteroatoms. The standard InChI is InChI=1S/C11H14N2/c12-6-1-2-9-3-4-10-5-7-13-11(10)8-9/h1-4,8,13H,5-7,12H2/b2-1+. The van der Waals surface area contributed by atoms with Gasteiger partial charge in [-0.1, -0.05) is 24.3 Å². The summed E-state index contributed by atoms with van der Waals surface area (Å²) >= 11 is 0. The van der Waals surface area contributed by atoms with Gasteiger partial charge >= 0.3 is 0 Å². The molecule has 0 saturated heterocycles. The molecule has 1 aromatic carbocycles. The van der Waals surface area contributed by atoms with Crippen LogP contribution in [0.15, 0.2) is 24.3 Å². The molecule has 1 aliphatic rings. The zero-order valence-electron chi connectivity index (χ0n) is 7.59. The molecule has 3 N–H and O–H groups in total. The Bertz CT molecular complexity index is 329. The summed E-state index contributed by atoms with van der Waals surface area (Å²) in [5.74, 6) is 0. The largest absolute Gasteiger partial charge is 0.384 e. The maximum atomic E-state index is 5.39. The summed E-state index contributed by atoms with van der Waals surface area (Å²) in [6.07, 6.45) is 5.17. The lowest BCUT2D eigenvalue weighted by Crippen LogP contribution is -1.92. The molecule has 0 unspecified atom stereocenters. The molecule has 2 nitrogen and oxygen atoms in total. The van der Waals surface area contributed by atoms with Gasteiger partial charge in [-0.05, 0) is 23.6 Å². The van der Waals surface area contributed by atoms with Crippen molar-refractivity contribution in [2.45, 2.75) is 6.42 Å². The average molecular weight is 174 g/mol. The number of nitrogens with two attached hydrogens (primary N) is 1. The van der Waals surface area contributed by atoms with Gasteiger partial charge in [0.15, 0.2) is 0 Å². The van der Waals surface area contributed by atoms with Gasteiger partial charge in [-0.2, -0.15) is 0 Å². The van der Waals surface area contributed by atoms with Crippen molar-refractivity contribution in [2.24, 2.45) is 5.73 Å². The van der Waals surface area contributed by atoms with E-state index in [2.05, 4.69) is 29.6 Å². The van der Waals surface area contributed by atoms with E-state index in [0.29, 0.717) is 6.54 Å². The molecule has 0 fully saturated rings. The van der Waals surface area contributed by atoms with Gasteiger partial charge in [-0.25, -0.2) is 0 Å². The van der Waals surface area contributed by atoms with Crippen molar-refractivity contribution < 1.29 is 0 Å². The van der Waals surface area contributed by atoms with Crippen molar-refractivity contribution in [3.05, 3.63) is 35.4 Å². The highest BCUT2D eigenvalue weighted by Gasteiger charge is 2.08. The fourth-order valence-corrected chi connectivity index (χ4v) is 1.62. The first kappa shape index (κ1) is 8.32. The van der Waals surface area contributed by atoms with Gasteiger partial charge in [0.2, 0.25) is 0 Å². The van der Waals surface area contributed by atoms with E-state index in [1.54, 1.807) is 0 Å². The Balaban J connectivity index is 2.25. The van der Waals surface area contributed by atoms with Gasteiger partial charge < -0.3 is 11.1 Å². The molecule has 2 rings (SSSR count).